The molecule has 5 aromatic rings. The molecule has 6 aliphatic carbocycles. The minimum absolute atomic E-state index is 0. The third-order valence-electron chi connectivity index (χ3n) is 20.9. The number of hydrogen-bond donors (Lipinski definition) is 4. The van der Waals surface area contributed by atoms with E-state index in [0.717, 1.165) is 193 Å². The molecule has 4 aromatic carbocycles. The number of halogens is 3. The number of nitrogens with one attached hydrogen (secondary N) is 2. The molecule has 15 rings (SSSR count). The van der Waals surface area contributed by atoms with Crippen LogP contribution in [0.1, 0.15) is 151 Å². The Labute approximate surface area is 809 Å². The Morgan fingerprint density at radius 1 is 0.626 bits per heavy atom. The van der Waals surface area contributed by atoms with Gasteiger partial charge in [-0.25, -0.2) is 36.6 Å². The monoisotopic (exact) mass is 1890 g/mol. The number of Topliss-reactive ketones (excluding diaryl/α,β-unsaturated/α-hetero) is 1. The molecule has 5 heterocycles. The van der Waals surface area contributed by atoms with Crippen LogP contribution in [0.3, 0.4) is 0 Å². The molecule has 0 bridgehead atoms. The van der Waals surface area contributed by atoms with Crippen LogP contribution in [0.5, 0.6) is 23.0 Å². The Bertz CT molecular complexity index is 4000. The maximum absolute atomic E-state index is 15.4. The molecule has 4 N–H and O–H groups in total. The van der Waals surface area contributed by atoms with Crippen molar-refractivity contribution in [1.29, 1.82) is 0 Å². The number of morpholine rings is 4. The number of fused-ring (bicyclic) bond motifs is 1. The number of nitrogens with zero attached hydrogens (tertiary/aromatic N) is 5. The van der Waals surface area contributed by atoms with Crippen LogP contribution in [0.4, 0.5) is 20.2 Å². The first kappa shape index (κ1) is 114. The van der Waals surface area contributed by atoms with Crippen LogP contribution in [0.25, 0.3) is 10.9 Å². The maximum Gasteiger partial charge on any atom is 1.00 e. The molecule has 2 amide bonds. The van der Waals surface area contributed by atoms with Crippen molar-refractivity contribution in [1.82, 2.24) is 24.6 Å². The van der Waals surface area contributed by atoms with Gasteiger partial charge in [-0.1, -0.05) is 65.7 Å². The van der Waals surface area contributed by atoms with Crippen molar-refractivity contribution in [2.75, 3.05) is 123 Å². The third kappa shape index (κ3) is 41.7. The zero-order valence-corrected chi connectivity index (χ0v) is 81.5. The van der Waals surface area contributed by atoms with E-state index in [2.05, 4.69) is 78.5 Å². The number of ether oxygens (including phenoxy) is 7. The van der Waals surface area contributed by atoms with Gasteiger partial charge in [-0.05, 0) is 137 Å². The number of carboxylic acid groups (broad SMARTS) is 1. The van der Waals surface area contributed by atoms with E-state index >= 15 is 4.39 Å². The van der Waals surface area contributed by atoms with Crippen molar-refractivity contribution < 1.29 is 215 Å². The van der Waals surface area contributed by atoms with Crippen molar-refractivity contribution in [3.8, 4) is 23.0 Å². The van der Waals surface area contributed by atoms with Crippen molar-refractivity contribution in [3.05, 3.63) is 108 Å². The standard InChI is InChI=1S/C36H36F2N4O6.2C9H17NO.C8H15NO2.C7H7ClO2S.C5H8O.C4H6O4.C4H9O.C2H3BO2.CH2O2.B.K.Na.Pd/c1-45-32-20-27-29(21-33(32)47-26-18-25(19-26)42-13-15-46-16-14-42)39-12-9-30(27)48-31-8-7-24(17-28(31)38)41-35(44)36(10-2-11-36)34(43)40-23-5-3-22(37)4-6-23;2*1-8-6-9(7-8)10-2-4-11-5-3-10;10-8-5-7(6-8)9-1-3-11-4-2-9;1-6-2-4-7(5-3-6)11(8,9)10;1-4-2-5(6)3-4;1-3(5)7-8-4(2)6;1-4(2,3)5;1-2(4)5-3;2-1-3;;;;/h3-9,12,17,20-21,25-26H,2,10-11,13-16,18-19H2,1H3,(H,40,43)(H,41,44);2*8-9H,2-7H2,1H3;7-8,10H,1-6H2;2-5H,1H3;4H,2-3H2,1H3;1-2H3;1-3H3;1H3;1H,(H,2,3);;;;/q;;;;;;;2*-1;;;2*+1;. The number of rotatable bonds is 14. The smallest absolute Gasteiger partial charge is 0.850 e. The van der Waals surface area contributed by atoms with Gasteiger partial charge in [0.15, 0.2) is 23.1 Å². The van der Waals surface area contributed by atoms with E-state index in [1.165, 1.54) is 81.1 Å². The van der Waals surface area contributed by atoms with E-state index in [4.69, 9.17) is 58.8 Å². The van der Waals surface area contributed by atoms with Crippen LogP contribution in [0, 0.1) is 41.7 Å². The van der Waals surface area contributed by atoms with Gasteiger partial charge in [-0.15, -0.1) is 5.60 Å². The summed E-state index contributed by atoms with van der Waals surface area (Å²) < 4.78 is 92.9. The van der Waals surface area contributed by atoms with Crippen molar-refractivity contribution in [2.24, 2.45) is 23.2 Å². The molecule has 4 saturated heterocycles. The van der Waals surface area contributed by atoms with Gasteiger partial charge in [0.05, 0.1) is 76.5 Å². The van der Waals surface area contributed by atoms with Gasteiger partial charge in [0.25, 0.3) is 15.5 Å². The Morgan fingerprint density at radius 3 is 1.36 bits per heavy atom. The number of hydrogen-bond acceptors (Lipinski definition) is 26. The van der Waals surface area contributed by atoms with Gasteiger partial charge in [0, 0.05) is 198 Å². The maximum atomic E-state index is 15.4. The molecule has 0 spiro atoms. The quantitative estimate of drug-likeness (QED) is 0.0298. The summed E-state index contributed by atoms with van der Waals surface area (Å²) in [5, 5.41) is 32.1. The summed E-state index contributed by atoms with van der Waals surface area (Å²) in [6.07, 6.45) is 14.1. The molecule has 6 radical (unpaired) electrons. The Balaban J connectivity index is 0.000000552. The summed E-state index contributed by atoms with van der Waals surface area (Å²) in [5.74, 6) is 0.569. The summed E-state index contributed by atoms with van der Waals surface area (Å²) in [5.41, 5.74) is 0.116. The van der Waals surface area contributed by atoms with Crippen LogP contribution in [-0.2, 0) is 96.4 Å². The van der Waals surface area contributed by atoms with E-state index in [-0.39, 0.29) is 145 Å². The zero-order valence-electron chi connectivity index (χ0n) is 73.2. The molecule has 123 heavy (non-hydrogen) atoms. The van der Waals surface area contributed by atoms with Crippen LogP contribution in [-0.4, -0.2) is 256 Å². The first-order valence-corrected chi connectivity index (χ1v) is 42.8. The van der Waals surface area contributed by atoms with E-state index < -0.39 is 61.4 Å². The van der Waals surface area contributed by atoms with E-state index in [1.807, 2.05) is 6.92 Å². The topological polar surface area (TPSA) is 359 Å². The number of pyridine rings is 1. The van der Waals surface area contributed by atoms with Crippen LogP contribution in [0.15, 0.2) is 96.0 Å². The predicted octanol–water partition coefficient (Wildman–Crippen LogP) is 4.42. The number of anilines is 2. The zero-order chi connectivity index (χ0) is 87.4. The van der Waals surface area contributed by atoms with Gasteiger partial charge in [0.1, 0.15) is 28.9 Å². The number of carbonyl (C=O) groups is 7. The predicted molar refractivity (Wildman–Crippen MR) is 448 cm³/mol. The molecule has 0 unspecified atom stereocenters. The average molecular weight is 1890 g/mol. The van der Waals surface area contributed by atoms with Crippen LogP contribution >= 0.6 is 10.7 Å². The van der Waals surface area contributed by atoms with Crippen molar-refractivity contribution in [3.63, 3.8) is 0 Å². The van der Waals surface area contributed by atoms with E-state index in [9.17, 15) is 46.7 Å². The largest absolute Gasteiger partial charge is 1.00 e. The van der Waals surface area contributed by atoms with E-state index in [1.54, 1.807) is 64.4 Å². The van der Waals surface area contributed by atoms with Gasteiger partial charge in [-0.2, -0.15) is 0 Å². The number of amides is 2. The fourth-order valence-electron chi connectivity index (χ4n) is 14.0. The normalized spacial score (nSPS) is 22.2. The summed E-state index contributed by atoms with van der Waals surface area (Å²) in [7, 11) is 7.42. The van der Waals surface area contributed by atoms with Gasteiger partial charge >= 0.3 is 92.9 Å². The first-order chi connectivity index (χ1) is 56.5. The molecule has 672 valence electrons. The molecule has 4 aliphatic heterocycles. The number of ketones is 1. The van der Waals surface area contributed by atoms with E-state index in [0.29, 0.717) is 76.9 Å². The summed E-state index contributed by atoms with van der Waals surface area (Å²) >= 11 is 0. The molecule has 10 fully saturated rings. The van der Waals surface area contributed by atoms with Crippen molar-refractivity contribution >= 4 is 100 Å². The van der Waals surface area contributed by atoms with Crippen LogP contribution in [0.2, 0.25) is 0 Å². The molecular weight excluding hydrogens is 1770 g/mol. The molecule has 0 atom stereocenters. The third-order valence-corrected chi connectivity index (χ3v) is 22.2. The molecule has 10 aliphatic rings. The number of aryl methyl sites for hydroxylation is 1. The molecule has 29 nitrogen and oxygen atoms in total. The Morgan fingerprint density at radius 2 is 1.02 bits per heavy atom. The number of methoxy groups -OCH3 is 1. The minimum Gasteiger partial charge on any atom is -0.850 e. The number of carbonyl (C=O) groups excluding carboxylic acids is 6. The molecule has 1 aromatic heterocycles. The molecule has 38 heteroatoms. The number of aliphatic hydroxyl groups excluding tert-OH is 1. The van der Waals surface area contributed by atoms with Gasteiger partial charge in [0.2, 0.25) is 17.8 Å². The second-order valence-corrected chi connectivity index (χ2v) is 34.5. The minimum atomic E-state index is -3.55. The summed E-state index contributed by atoms with van der Waals surface area (Å²) in [6, 6.07) is 23.9. The SMILES string of the molecule is CC(=O)OOC(C)=O.CC(C)(C)[O-].CC1CC(=O)C1.CC1CC(N2CCOCC2)C1.CC1CC(N2CCOCC2)C1.COc1cc2c(Oc3ccc(NC(=O)C4(C(=O)Nc5ccc(F)cc5)CCC4)cc3F)ccnc2cc1OC1CC(N2CCOCC2)C1.Cc1ccc(S(=O)(=O)Cl)cc1.O=CO.OC1CC(N2CCOCC2)C1.[B-]OC(C)=O.[B].[K+].[Na+].[Pd]. The fourth-order valence-corrected chi connectivity index (χ4v) is 14.7. The van der Waals surface area contributed by atoms with Crippen molar-refractivity contribution in [2.45, 2.75) is 200 Å². The second-order valence-electron chi connectivity index (χ2n) is 31.9. The Kier molecular flexibility index (Phi) is 54.7. The molecule has 6 saturated carbocycles. The van der Waals surface area contributed by atoms with Gasteiger partial charge in [-0.3, -0.25) is 48.6 Å². The average Bonchev–Trinajstić information content (AvgIpc) is 0.767. The summed E-state index contributed by atoms with van der Waals surface area (Å²) in [4.78, 5) is 96.3. The summed E-state index contributed by atoms with van der Waals surface area (Å²) in [6.45, 7) is 32.6. The first-order valence-electron chi connectivity index (χ1n) is 40.5. The Hall–Kier alpha value is -4.69. The fraction of sp³-hybridized carbons (Fsp3) is 0.600. The number of aromatic nitrogens is 1. The molecular formula is C85H120B2ClF2KN7NaO22PdS. The number of aliphatic hydroxyl groups is 1. The second kappa shape index (κ2) is 58.8. The van der Waals surface area contributed by atoms with Gasteiger partial charge < -0.3 is 71.8 Å². The number of benzene rings is 4. The van der Waals surface area contributed by atoms with Crippen LogP contribution < -0.4 is 111 Å².